The molecule has 1 saturated heterocycles. The van der Waals surface area contributed by atoms with E-state index in [-0.39, 0.29) is 0 Å². The largest absolute Gasteiger partial charge is 0.382 e. The van der Waals surface area contributed by atoms with Crippen molar-refractivity contribution in [2.24, 2.45) is 0 Å². The Kier molecular flexibility index (Phi) is 3.33. The van der Waals surface area contributed by atoms with Crippen molar-refractivity contribution in [3.05, 3.63) is 22.9 Å². The van der Waals surface area contributed by atoms with E-state index in [1.54, 1.807) is 6.20 Å². The molecule has 0 saturated carbocycles. The number of ether oxygens (including phenoxy) is 1. The maximum absolute atomic E-state index is 6.30. The zero-order valence-corrected chi connectivity index (χ0v) is 11.7. The maximum atomic E-state index is 6.30. The molecule has 2 N–H and O–H groups in total. The molecular formula is C13H17ClN4O. The third kappa shape index (κ3) is 2.07. The van der Waals surface area contributed by atoms with Crippen molar-refractivity contribution in [2.45, 2.75) is 32.1 Å². The van der Waals surface area contributed by atoms with Gasteiger partial charge in [0.05, 0.1) is 11.9 Å². The third-order valence-corrected chi connectivity index (χ3v) is 3.93. The van der Waals surface area contributed by atoms with Crippen molar-refractivity contribution < 1.29 is 4.74 Å². The van der Waals surface area contributed by atoms with E-state index in [1.807, 2.05) is 4.40 Å². The van der Waals surface area contributed by atoms with E-state index in [4.69, 9.17) is 27.1 Å². The molecule has 0 radical (unpaired) electrons. The number of nitrogens with zero attached hydrogens (tertiary/aromatic N) is 3. The van der Waals surface area contributed by atoms with Gasteiger partial charge in [-0.25, -0.2) is 9.97 Å². The van der Waals surface area contributed by atoms with Crippen LogP contribution < -0.4 is 5.73 Å². The molecule has 0 spiro atoms. The van der Waals surface area contributed by atoms with Gasteiger partial charge in [-0.1, -0.05) is 18.5 Å². The number of halogens is 1. The summed E-state index contributed by atoms with van der Waals surface area (Å²) < 4.78 is 7.37. The van der Waals surface area contributed by atoms with Gasteiger partial charge in [0, 0.05) is 19.1 Å². The molecule has 0 bridgehead atoms. The fourth-order valence-corrected chi connectivity index (χ4v) is 2.90. The van der Waals surface area contributed by atoms with Gasteiger partial charge in [0.15, 0.2) is 0 Å². The number of aryl methyl sites for hydroxylation is 1. The summed E-state index contributed by atoms with van der Waals surface area (Å²) in [7, 11) is 0. The Labute approximate surface area is 116 Å². The van der Waals surface area contributed by atoms with Crippen LogP contribution >= 0.6 is 11.6 Å². The first-order chi connectivity index (χ1) is 9.22. The van der Waals surface area contributed by atoms with Crippen molar-refractivity contribution in [3.63, 3.8) is 0 Å². The summed E-state index contributed by atoms with van der Waals surface area (Å²) in [6, 6.07) is 0. The van der Waals surface area contributed by atoms with Crippen LogP contribution in [0.1, 0.15) is 37.2 Å². The van der Waals surface area contributed by atoms with Gasteiger partial charge in [-0.2, -0.15) is 0 Å². The molecule has 2 aromatic heterocycles. The van der Waals surface area contributed by atoms with Crippen LogP contribution in [0.5, 0.6) is 0 Å². The van der Waals surface area contributed by atoms with Crippen LogP contribution in [0, 0.1) is 0 Å². The predicted octanol–water partition coefficient (Wildman–Crippen LogP) is 2.42. The zero-order chi connectivity index (χ0) is 13.4. The molecule has 0 atom stereocenters. The lowest BCUT2D eigenvalue weighted by Gasteiger charge is -2.21. The van der Waals surface area contributed by atoms with Gasteiger partial charge in [-0.05, 0) is 19.3 Å². The highest BCUT2D eigenvalue weighted by Crippen LogP contribution is 2.31. The van der Waals surface area contributed by atoms with Gasteiger partial charge in [-0.3, -0.25) is 4.40 Å². The van der Waals surface area contributed by atoms with Crippen LogP contribution in [-0.2, 0) is 11.2 Å². The van der Waals surface area contributed by atoms with Gasteiger partial charge in [-0.15, -0.1) is 0 Å². The molecular weight excluding hydrogens is 264 g/mol. The first-order valence-electron chi connectivity index (χ1n) is 6.61. The number of fused-ring (bicyclic) bond motifs is 1. The molecule has 0 unspecified atom stereocenters. The Hall–Kier alpha value is -1.33. The predicted molar refractivity (Wildman–Crippen MR) is 74.6 cm³/mol. The molecule has 0 amide bonds. The van der Waals surface area contributed by atoms with Gasteiger partial charge in [0.25, 0.3) is 0 Å². The number of hydrogen-bond acceptors (Lipinski definition) is 4. The van der Waals surface area contributed by atoms with E-state index in [0.29, 0.717) is 16.9 Å². The molecule has 1 aliphatic heterocycles. The maximum Gasteiger partial charge on any atom is 0.149 e. The monoisotopic (exact) mass is 280 g/mol. The molecule has 3 heterocycles. The fraction of sp³-hybridized carbons (Fsp3) is 0.538. The van der Waals surface area contributed by atoms with Crippen molar-refractivity contribution in [1.29, 1.82) is 0 Å². The molecule has 3 rings (SSSR count). The Morgan fingerprint density at radius 2 is 2.21 bits per heavy atom. The van der Waals surface area contributed by atoms with E-state index < -0.39 is 0 Å². The third-order valence-electron chi connectivity index (χ3n) is 3.66. The number of anilines is 1. The van der Waals surface area contributed by atoms with Crippen LogP contribution in [0.3, 0.4) is 0 Å². The second-order valence-corrected chi connectivity index (χ2v) is 5.19. The molecule has 6 heteroatoms. The minimum absolute atomic E-state index is 0.376. The Bertz CT molecular complexity index is 604. The van der Waals surface area contributed by atoms with Gasteiger partial charge in [0.2, 0.25) is 0 Å². The number of aromatic nitrogens is 3. The number of imidazole rings is 1. The molecule has 19 heavy (non-hydrogen) atoms. The van der Waals surface area contributed by atoms with Crippen molar-refractivity contribution >= 4 is 22.9 Å². The average Bonchev–Trinajstić information content (AvgIpc) is 2.85. The lowest BCUT2D eigenvalue weighted by Crippen LogP contribution is -2.16. The van der Waals surface area contributed by atoms with Crippen molar-refractivity contribution in [1.82, 2.24) is 14.4 Å². The van der Waals surface area contributed by atoms with Crippen LogP contribution in [0.25, 0.3) is 5.52 Å². The first kappa shape index (κ1) is 12.7. The van der Waals surface area contributed by atoms with E-state index in [0.717, 1.165) is 49.5 Å². The van der Waals surface area contributed by atoms with Crippen LogP contribution in [0.15, 0.2) is 6.20 Å². The summed E-state index contributed by atoms with van der Waals surface area (Å²) in [6.07, 6.45) is 4.36. The van der Waals surface area contributed by atoms with Gasteiger partial charge >= 0.3 is 0 Å². The minimum atomic E-state index is 0.376. The van der Waals surface area contributed by atoms with Gasteiger partial charge < -0.3 is 10.5 Å². The molecule has 2 aromatic rings. The highest BCUT2D eigenvalue weighted by Gasteiger charge is 2.24. The number of nitrogen functional groups attached to an aromatic ring is 1. The molecule has 102 valence electrons. The van der Waals surface area contributed by atoms with E-state index in [9.17, 15) is 0 Å². The molecule has 1 aliphatic rings. The Balaban J connectivity index is 2.21. The number of nitrogens with two attached hydrogens (primary N) is 1. The summed E-state index contributed by atoms with van der Waals surface area (Å²) >= 11 is 6.30. The second-order valence-electron chi connectivity index (χ2n) is 4.81. The van der Waals surface area contributed by atoms with E-state index in [1.165, 1.54) is 0 Å². The lowest BCUT2D eigenvalue weighted by molar-refractivity contribution is 0.0834. The first-order valence-corrected chi connectivity index (χ1v) is 6.99. The van der Waals surface area contributed by atoms with Gasteiger partial charge in [0.1, 0.15) is 22.3 Å². The smallest absolute Gasteiger partial charge is 0.149 e. The van der Waals surface area contributed by atoms with E-state index in [2.05, 4.69) is 11.9 Å². The highest BCUT2D eigenvalue weighted by atomic mass is 35.5. The molecule has 5 nitrogen and oxygen atoms in total. The number of rotatable bonds is 2. The minimum Gasteiger partial charge on any atom is -0.382 e. The topological polar surface area (TPSA) is 65.4 Å². The summed E-state index contributed by atoms with van der Waals surface area (Å²) in [5, 5.41) is 0.567. The van der Waals surface area contributed by atoms with Crippen LogP contribution in [0.4, 0.5) is 5.82 Å². The van der Waals surface area contributed by atoms with Crippen LogP contribution in [0.2, 0.25) is 5.15 Å². The number of hydrogen-bond donors (Lipinski definition) is 1. The van der Waals surface area contributed by atoms with E-state index >= 15 is 0 Å². The van der Waals surface area contributed by atoms with Crippen LogP contribution in [-0.4, -0.2) is 27.6 Å². The highest BCUT2D eigenvalue weighted by molar-refractivity contribution is 6.29. The normalized spacial score (nSPS) is 17.2. The summed E-state index contributed by atoms with van der Waals surface area (Å²) in [4.78, 5) is 8.89. The summed E-state index contributed by atoms with van der Waals surface area (Å²) in [5.74, 6) is 1.86. The molecule has 1 fully saturated rings. The second kappa shape index (κ2) is 4.98. The van der Waals surface area contributed by atoms with Crippen molar-refractivity contribution in [2.75, 3.05) is 18.9 Å². The summed E-state index contributed by atoms with van der Waals surface area (Å²) in [6.45, 7) is 3.62. The molecule has 0 aliphatic carbocycles. The standard InChI is InChI=1S/C13H17ClN4O/c1-2-9-11-12(15)16-7-10(14)18(11)13(17-9)8-3-5-19-6-4-8/h7-8H,2-6H2,1H3,(H2,15,16). The Morgan fingerprint density at radius 1 is 1.47 bits per heavy atom. The zero-order valence-electron chi connectivity index (χ0n) is 10.9. The SMILES string of the molecule is CCc1nc(C2CCOCC2)n2c(Cl)cnc(N)c12. The Morgan fingerprint density at radius 3 is 2.89 bits per heavy atom. The molecule has 0 aromatic carbocycles. The van der Waals surface area contributed by atoms with Crippen molar-refractivity contribution in [3.8, 4) is 0 Å². The lowest BCUT2D eigenvalue weighted by atomic mass is 10.00. The quantitative estimate of drug-likeness (QED) is 0.917. The average molecular weight is 281 g/mol. The fourth-order valence-electron chi connectivity index (χ4n) is 2.68. The summed E-state index contributed by atoms with van der Waals surface area (Å²) in [5.41, 5.74) is 7.81.